The molecule has 0 amide bonds. The van der Waals surface area contributed by atoms with E-state index in [2.05, 4.69) is 5.10 Å². The first-order chi connectivity index (χ1) is 16.3. The predicted octanol–water partition coefficient (Wildman–Crippen LogP) is 6.32. The molecule has 4 rings (SSSR count). The van der Waals surface area contributed by atoms with E-state index >= 15 is 0 Å². The third-order valence-electron chi connectivity index (χ3n) is 6.11. The van der Waals surface area contributed by atoms with Crippen molar-refractivity contribution in [1.29, 1.82) is 0 Å². The number of aliphatic carboxylic acids is 1. The number of ketones is 1. The summed E-state index contributed by atoms with van der Waals surface area (Å²) in [6, 6.07) is 11.5. The molecule has 3 aromatic rings. The van der Waals surface area contributed by atoms with Crippen LogP contribution in [0.1, 0.15) is 41.7 Å². The monoisotopic (exact) mass is 519 g/mol. The number of rotatable bonds is 7. The second-order valence-corrected chi connectivity index (χ2v) is 9.69. The molecule has 0 radical (unpaired) electrons. The second kappa shape index (κ2) is 10.5. The Labute approximate surface area is 213 Å². The summed E-state index contributed by atoms with van der Waals surface area (Å²) in [6.07, 6.45) is 2.68. The van der Waals surface area contributed by atoms with Crippen LogP contribution in [0.5, 0.6) is 0 Å². The number of carbonyl (C=O) groups excluding carboxylic acids is 1. The molecule has 1 N–H and O–H groups in total. The molecule has 2 aromatic carbocycles. The van der Waals surface area contributed by atoms with Gasteiger partial charge in [0.2, 0.25) is 5.78 Å². The van der Waals surface area contributed by atoms with E-state index in [9.17, 15) is 14.7 Å². The first-order valence-electron chi connectivity index (χ1n) is 11.1. The molecule has 0 bridgehead atoms. The molecule has 1 aliphatic rings. The Morgan fingerprint density at radius 2 is 1.65 bits per heavy atom. The van der Waals surface area contributed by atoms with Gasteiger partial charge in [0.05, 0.1) is 28.9 Å². The number of carboxylic acids is 1. The number of likely N-dealkylation sites (tertiary alicyclic amines) is 1. The van der Waals surface area contributed by atoms with E-state index in [-0.39, 0.29) is 17.9 Å². The fraction of sp³-hybridized carbons (Fsp3) is 0.320. The summed E-state index contributed by atoms with van der Waals surface area (Å²) in [7, 11) is 0. The molecule has 1 saturated heterocycles. The van der Waals surface area contributed by atoms with Crippen LogP contribution >= 0.6 is 34.8 Å². The first-order valence-corrected chi connectivity index (χ1v) is 12.2. The Hall–Kier alpha value is -2.38. The van der Waals surface area contributed by atoms with Crippen molar-refractivity contribution in [2.75, 3.05) is 13.1 Å². The highest BCUT2D eigenvalue weighted by atomic mass is 35.5. The first kappa shape index (κ1) is 24.7. The molecule has 6 nitrogen and oxygen atoms in total. The van der Waals surface area contributed by atoms with Crippen LogP contribution in [-0.2, 0) is 4.79 Å². The molecule has 9 heteroatoms. The van der Waals surface area contributed by atoms with Gasteiger partial charge in [0.1, 0.15) is 5.69 Å². The molecular weight excluding hydrogens is 497 g/mol. The van der Waals surface area contributed by atoms with E-state index in [0.717, 1.165) is 24.8 Å². The van der Waals surface area contributed by atoms with E-state index in [4.69, 9.17) is 34.8 Å². The van der Waals surface area contributed by atoms with Crippen LogP contribution in [0.15, 0.2) is 42.5 Å². The van der Waals surface area contributed by atoms with Crippen LogP contribution in [0.4, 0.5) is 0 Å². The van der Waals surface area contributed by atoms with Gasteiger partial charge < -0.3 is 5.11 Å². The summed E-state index contributed by atoms with van der Waals surface area (Å²) in [5, 5.41) is 15.7. The maximum Gasteiger partial charge on any atom is 0.305 e. The highest BCUT2D eigenvalue weighted by Gasteiger charge is 2.34. The Morgan fingerprint density at radius 1 is 1.00 bits per heavy atom. The third kappa shape index (κ3) is 5.15. The number of halogens is 3. The fourth-order valence-electron chi connectivity index (χ4n) is 4.44. The minimum atomic E-state index is -1.01. The Morgan fingerprint density at radius 3 is 2.26 bits per heavy atom. The van der Waals surface area contributed by atoms with Crippen molar-refractivity contribution in [1.82, 2.24) is 14.7 Å². The maximum atomic E-state index is 13.8. The molecule has 0 aliphatic carbocycles. The van der Waals surface area contributed by atoms with Gasteiger partial charge in [0.15, 0.2) is 0 Å². The number of nitrogens with zero attached hydrogens (tertiary/aromatic N) is 3. The van der Waals surface area contributed by atoms with E-state index in [0.29, 0.717) is 45.1 Å². The summed E-state index contributed by atoms with van der Waals surface area (Å²) in [4.78, 5) is 27.4. The summed E-state index contributed by atoms with van der Waals surface area (Å²) in [5.74, 6) is -1.32. The maximum absolute atomic E-state index is 13.8. The summed E-state index contributed by atoms with van der Waals surface area (Å²) >= 11 is 18.7. The van der Waals surface area contributed by atoms with Crippen LogP contribution in [0, 0.1) is 6.92 Å². The fourth-order valence-corrected chi connectivity index (χ4v) is 5.06. The van der Waals surface area contributed by atoms with Crippen molar-refractivity contribution in [2.24, 2.45) is 0 Å². The van der Waals surface area contributed by atoms with Crippen LogP contribution in [0.25, 0.3) is 16.9 Å². The van der Waals surface area contributed by atoms with Gasteiger partial charge in [-0.1, -0.05) is 53.4 Å². The van der Waals surface area contributed by atoms with Crippen LogP contribution < -0.4 is 0 Å². The van der Waals surface area contributed by atoms with Gasteiger partial charge in [-0.2, -0.15) is 5.10 Å². The van der Waals surface area contributed by atoms with E-state index in [1.165, 1.54) is 0 Å². The Bertz CT molecular complexity index is 1220. The zero-order valence-electron chi connectivity index (χ0n) is 18.6. The molecule has 0 saturated carbocycles. The lowest BCUT2D eigenvalue weighted by Crippen LogP contribution is -2.45. The van der Waals surface area contributed by atoms with Gasteiger partial charge in [-0.25, -0.2) is 4.68 Å². The smallest absolute Gasteiger partial charge is 0.305 e. The number of hydrogen-bond donors (Lipinski definition) is 1. The highest BCUT2D eigenvalue weighted by molar-refractivity contribution is 6.35. The van der Waals surface area contributed by atoms with Gasteiger partial charge in [0.25, 0.3) is 0 Å². The number of hydrogen-bond acceptors (Lipinski definition) is 4. The van der Waals surface area contributed by atoms with Gasteiger partial charge in [-0.15, -0.1) is 0 Å². The lowest BCUT2D eigenvalue weighted by molar-refractivity contribution is -0.138. The third-order valence-corrected chi connectivity index (χ3v) is 6.90. The second-order valence-electron chi connectivity index (χ2n) is 8.41. The van der Waals surface area contributed by atoms with Crippen molar-refractivity contribution in [3.05, 3.63) is 68.8 Å². The zero-order valence-corrected chi connectivity index (χ0v) is 20.9. The topological polar surface area (TPSA) is 75.4 Å². The van der Waals surface area contributed by atoms with E-state index < -0.39 is 12.0 Å². The lowest BCUT2D eigenvalue weighted by Gasteiger charge is -2.32. The van der Waals surface area contributed by atoms with Crippen molar-refractivity contribution in [3.8, 4) is 16.9 Å². The Balaban J connectivity index is 1.86. The molecule has 0 spiro atoms. The van der Waals surface area contributed by atoms with Gasteiger partial charge in [0, 0.05) is 21.2 Å². The van der Waals surface area contributed by atoms with E-state index in [1.54, 1.807) is 35.0 Å². The lowest BCUT2D eigenvalue weighted by atomic mass is 9.97. The quantitative estimate of drug-likeness (QED) is 0.369. The average molecular weight is 521 g/mol. The molecule has 1 fully saturated rings. The number of benzene rings is 2. The standard InChI is InChI=1S/C25H24Cl3N3O3/c1-15-23(25(34)21(14-22(32)33)30-11-3-2-4-12-30)29-31(20-10-9-18(27)13-19(20)28)24(15)16-5-7-17(26)8-6-16/h5-10,13,21H,2-4,11-12,14H2,1H3,(H,32,33). The van der Waals surface area contributed by atoms with Crippen LogP contribution in [0.2, 0.25) is 15.1 Å². The SMILES string of the molecule is Cc1c(C(=O)C(CC(=O)O)N2CCCCC2)nn(-c2ccc(Cl)cc2Cl)c1-c1ccc(Cl)cc1. The molecular formula is C25H24Cl3N3O3. The van der Waals surface area contributed by atoms with Crippen LogP contribution in [-0.4, -0.2) is 50.7 Å². The average Bonchev–Trinajstić information content (AvgIpc) is 3.15. The van der Waals surface area contributed by atoms with Gasteiger partial charge in [-0.3, -0.25) is 14.5 Å². The van der Waals surface area contributed by atoms with Gasteiger partial charge in [-0.05, 0) is 63.2 Å². The van der Waals surface area contributed by atoms with Crippen molar-refractivity contribution in [2.45, 2.75) is 38.6 Å². The highest BCUT2D eigenvalue weighted by Crippen LogP contribution is 2.34. The molecule has 178 valence electrons. The largest absolute Gasteiger partial charge is 0.481 e. The number of piperidine rings is 1. The zero-order chi connectivity index (χ0) is 24.4. The number of carboxylic acid groups (broad SMARTS) is 1. The van der Waals surface area contributed by atoms with E-state index in [1.807, 2.05) is 24.0 Å². The van der Waals surface area contributed by atoms with Crippen molar-refractivity contribution in [3.63, 3.8) is 0 Å². The molecule has 1 aromatic heterocycles. The molecule has 34 heavy (non-hydrogen) atoms. The van der Waals surface area contributed by atoms with Crippen LogP contribution in [0.3, 0.4) is 0 Å². The molecule has 1 atom stereocenters. The van der Waals surface area contributed by atoms with Crippen molar-refractivity contribution >= 4 is 46.6 Å². The van der Waals surface area contributed by atoms with Crippen molar-refractivity contribution < 1.29 is 14.7 Å². The Kier molecular flexibility index (Phi) is 7.63. The summed E-state index contributed by atoms with van der Waals surface area (Å²) in [5.41, 5.74) is 2.91. The molecule has 1 unspecified atom stereocenters. The summed E-state index contributed by atoms with van der Waals surface area (Å²) in [6.45, 7) is 3.20. The number of Topliss-reactive ketones (excluding diaryl/α,β-unsaturated/α-hetero) is 1. The normalized spacial score (nSPS) is 15.3. The number of carbonyl (C=O) groups is 2. The minimum absolute atomic E-state index is 0.229. The summed E-state index contributed by atoms with van der Waals surface area (Å²) < 4.78 is 1.62. The predicted molar refractivity (Wildman–Crippen MR) is 135 cm³/mol. The molecule has 1 aliphatic heterocycles. The molecule has 2 heterocycles. The number of aromatic nitrogens is 2. The van der Waals surface area contributed by atoms with Gasteiger partial charge >= 0.3 is 5.97 Å². The minimum Gasteiger partial charge on any atom is -0.481 e.